The van der Waals surface area contributed by atoms with Crippen LogP contribution in [-0.4, -0.2) is 46.2 Å². The van der Waals surface area contributed by atoms with Crippen LogP contribution in [0.5, 0.6) is 0 Å². The summed E-state index contributed by atoms with van der Waals surface area (Å²) in [7, 11) is 0. The van der Waals surface area contributed by atoms with Gasteiger partial charge in [-0.15, -0.1) is 0 Å². The van der Waals surface area contributed by atoms with E-state index in [2.05, 4.69) is 24.9 Å². The fourth-order valence-electron chi connectivity index (χ4n) is 2.95. The van der Waals surface area contributed by atoms with Crippen LogP contribution in [0.25, 0.3) is 11.4 Å². The predicted molar refractivity (Wildman–Crippen MR) is 96.5 cm³/mol. The summed E-state index contributed by atoms with van der Waals surface area (Å²) in [6.07, 6.45) is 3.66. The van der Waals surface area contributed by atoms with Crippen LogP contribution in [0.1, 0.15) is 5.89 Å². The molecule has 25 heavy (non-hydrogen) atoms. The highest BCUT2D eigenvalue weighted by Crippen LogP contribution is 2.20. The lowest BCUT2D eigenvalue weighted by molar-refractivity contribution is 0.215. The number of aromatic nitrogens is 3. The van der Waals surface area contributed by atoms with Gasteiger partial charge in [0.05, 0.1) is 6.54 Å². The Hall–Kier alpha value is -2.44. The number of halogens is 1. The molecule has 0 radical (unpaired) electrons. The van der Waals surface area contributed by atoms with E-state index >= 15 is 0 Å². The minimum absolute atomic E-state index is 0.599. The van der Waals surface area contributed by atoms with Crippen molar-refractivity contribution in [3.05, 3.63) is 59.7 Å². The summed E-state index contributed by atoms with van der Waals surface area (Å²) in [5, 5.41) is 4.76. The van der Waals surface area contributed by atoms with Gasteiger partial charge in [0.15, 0.2) is 0 Å². The molecule has 4 rings (SSSR count). The molecular weight excluding hydrogens is 338 g/mol. The molecule has 7 heteroatoms. The lowest BCUT2D eigenvalue weighted by atomic mass is 10.2. The summed E-state index contributed by atoms with van der Waals surface area (Å²) in [5.74, 6) is 1.24. The van der Waals surface area contributed by atoms with Gasteiger partial charge in [-0.1, -0.05) is 16.8 Å². The van der Waals surface area contributed by atoms with E-state index in [0.717, 1.165) is 31.7 Å². The van der Waals surface area contributed by atoms with Crippen LogP contribution in [0, 0.1) is 0 Å². The minimum atomic E-state index is 0.599. The first kappa shape index (κ1) is 16.1. The average molecular weight is 356 g/mol. The molecule has 0 N–H and O–H groups in total. The average Bonchev–Trinajstić information content (AvgIpc) is 3.12. The number of hydrogen-bond donors (Lipinski definition) is 0. The highest BCUT2D eigenvalue weighted by molar-refractivity contribution is 6.30. The van der Waals surface area contributed by atoms with E-state index in [4.69, 9.17) is 16.1 Å². The highest BCUT2D eigenvalue weighted by Gasteiger charge is 2.19. The van der Waals surface area contributed by atoms with Crippen LogP contribution >= 0.6 is 11.6 Å². The quantitative estimate of drug-likeness (QED) is 0.716. The van der Waals surface area contributed by atoms with E-state index in [1.165, 1.54) is 5.69 Å². The largest absolute Gasteiger partial charge is 0.369 e. The van der Waals surface area contributed by atoms with Crippen LogP contribution < -0.4 is 4.90 Å². The number of pyridine rings is 1. The Labute approximate surface area is 151 Å². The summed E-state index contributed by atoms with van der Waals surface area (Å²) in [4.78, 5) is 13.3. The first-order chi connectivity index (χ1) is 12.3. The van der Waals surface area contributed by atoms with Crippen LogP contribution in [0.4, 0.5) is 5.69 Å². The fraction of sp³-hybridized carbons (Fsp3) is 0.278. The Bertz CT molecular complexity index is 813. The monoisotopic (exact) mass is 355 g/mol. The van der Waals surface area contributed by atoms with Gasteiger partial charge in [0, 0.05) is 54.8 Å². The van der Waals surface area contributed by atoms with E-state index < -0.39 is 0 Å². The fourth-order valence-corrected chi connectivity index (χ4v) is 3.07. The van der Waals surface area contributed by atoms with Gasteiger partial charge in [-0.2, -0.15) is 4.98 Å². The van der Waals surface area contributed by atoms with Crippen molar-refractivity contribution in [3.63, 3.8) is 0 Å². The van der Waals surface area contributed by atoms with Crippen LogP contribution in [0.15, 0.2) is 53.3 Å². The predicted octanol–water partition coefficient (Wildman–Crippen LogP) is 3.11. The van der Waals surface area contributed by atoms with Crippen LogP contribution in [0.2, 0.25) is 5.02 Å². The van der Waals surface area contributed by atoms with E-state index in [-0.39, 0.29) is 0 Å². The normalized spacial score (nSPS) is 15.5. The van der Waals surface area contributed by atoms with Gasteiger partial charge in [-0.3, -0.25) is 9.88 Å². The van der Waals surface area contributed by atoms with Gasteiger partial charge < -0.3 is 9.42 Å². The lowest BCUT2D eigenvalue weighted by Crippen LogP contribution is -2.46. The van der Waals surface area contributed by atoms with Crippen molar-refractivity contribution < 1.29 is 4.52 Å². The summed E-state index contributed by atoms with van der Waals surface area (Å²) in [5.41, 5.74) is 2.12. The van der Waals surface area contributed by atoms with E-state index in [1.54, 1.807) is 0 Å². The van der Waals surface area contributed by atoms with Gasteiger partial charge in [0.1, 0.15) is 0 Å². The van der Waals surface area contributed by atoms with E-state index in [1.807, 2.05) is 48.8 Å². The molecule has 3 aromatic rings. The zero-order valence-electron chi connectivity index (χ0n) is 13.7. The second kappa shape index (κ2) is 7.21. The van der Waals surface area contributed by atoms with Crippen LogP contribution in [-0.2, 0) is 6.54 Å². The van der Waals surface area contributed by atoms with Crippen LogP contribution in [0.3, 0.4) is 0 Å². The van der Waals surface area contributed by atoms with Crippen molar-refractivity contribution in [2.45, 2.75) is 6.54 Å². The summed E-state index contributed by atoms with van der Waals surface area (Å²) >= 11 is 5.91. The Balaban J connectivity index is 1.35. The topological polar surface area (TPSA) is 58.3 Å². The minimum Gasteiger partial charge on any atom is -0.369 e. The maximum atomic E-state index is 5.91. The highest BCUT2D eigenvalue weighted by atomic mass is 35.5. The molecule has 1 aliphatic rings. The first-order valence-electron chi connectivity index (χ1n) is 8.24. The molecule has 0 bridgehead atoms. The van der Waals surface area contributed by atoms with Crippen molar-refractivity contribution in [2.75, 3.05) is 31.1 Å². The molecule has 1 saturated heterocycles. The molecule has 2 aromatic heterocycles. The number of rotatable bonds is 4. The molecule has 1 fully saturated rings. The summed E-state index contributed by atoms with van der Waals surface area (Å²) in [6.45, 7) is 4.54. The Morgan fingerprint density at radius 3 is 2.40 bits per heavy atom. The SMILES string of the molecule is Clc1ccc(-c2noc(CN3CCN(c4ccncc4)CC3)n2)cc1. The smallest absolute Gasteiger partial charge is 0.241 e. The molecule has 0 unspecified atom stereocenters. The van der Waals surface area contributed by atoms with E-state index in [0.29, 0.717) is 23.3 Å². The van der Waals surface area contributed by atoms with Gasteiger partial charge in [-0.05, 0) is 36.4 Å². The summed E-state index contributed by atoms with van der Waals surface area (Å²) < 4.78 is 5.41. The van der Waals surface area contributed by atoms with Crippen molar-refractivity contribution in [1.29, 1.82) is 0 Å². The molecule has 1 aromatic carbocycles. The maximum absolute atomic E-state index is 5.91. The lowest BCUT2D eigenvalue weighted by Gasteiger charge is -2.35. The maximum Gasteiger partial charge on any atom is 0.241 e. The van der Waals surface area contributed by atoms with Gasteiger partial charge in [0.2, 0.25) is 11.7 Å². The molecule has 0 amide bonds. The molecule has 0 aliphatic carbocycles. The Morgan fingerprint density at radius 1 is 0.960 bits per heavy atom. The standard InChI is InChI=1S/C18H18ClN5O/c19-15-3-1-14(2-4-15)18-21-17(25-22-18)13-23-9-11-24(12-10-23)16-5-7-20-8-6-16/h1-8H,9-13H2. The number of hydrogen-bond acceptors (Lipinski definition) is 6. The molecule has 0 spiro atoms. The molecule has 6 nitrogen and oxygen atoms in total. The van der Waals surface area contributed by atoms with Crippen molar-refractivity contribution >= 4 is 17.3 Å². The number of nitrogens with zero attached hydrogens (tertiary/aromatic N) is 5. The first-order valence-corrected chi connectivity index (χ1v) is 8.61. The third-order valence-electron chi connectivity index (χ3n) is 4.33. The molecular formula is C18H18ClN5O. The van der Waals surface area contributed by atoms with Gasteiger partial charge in [0.25, 0.3) is 0 Å². The Morgan fingerprint density at radius 2 is 1.68 bits per heavy atom. The molecule has 128 valence electrons. The van der Waals surface area contributed by atoms with Crippen molar-refractivity contribution in [1.82, 2.24) is 20.0 Å². The molecule has 3 heterocycles. The van der Waals surface area contributed by atoms with Gasteiger partial charge >= 0.3 is 0 Å². The second-order valence-corrected chi connectivity index (χ2v) is 6.42. The molecule has 0 atom stereocenters. The number of anilines is 1. The van der Waals surface area contributed by atoms with Crippen molar-refractivity contribution in [3.8, 4) is 11.4 Å². The third kappa shape index (κ3) is 3.81. The zero-order valence-corrected chi connectivity index (χ0v) is 14.4. The molecule has 0 saturated carbocycles. The van der Waals surface area contributed by atoms with Crippen molar-refractivity contribution in [2.24, 2.45) is 0 Å². The zero-order chi connectivity index (χ0) is 17.1. The number of benzene rings is 1. The van der Waals surface area contributed by atoms with E-state index in [9.17, 15) is 0 Å². The van der Waals surface area contributed by atoms with Gasteiger partial charge in [-0.25, -0.2) is 0 Å². The number of piperazine rings is 1. The second-order valence-electron chi connectivity index (χ2n) is 5.99. The Kier molecular flexibility index (Phi) is 4.63. The molecule has 1 aliphatic heterocycles. The third-order valence-corrected chi connectivity index (χ3v) is 4.58. The summed E-state index contributed by atoms with van der Waals surface area (Å²) in [6, 6.07) is 11.5.